The second-order valence-electron chi connectivity index (χ2n) is 2.94. The molecule has 0 amide bonds. The minimum Gasteiger partial charge on any atom is -0.506 e. The van der Waals surface area contributed by atoms with E-state index in [4.69, 9.17) is 9.84 Å². The van der Waals surface area contributed by atoms with Gasteiger partial charge in [-0.25, -0.2) is 0 Å². The first kappa shape index (κ1) is 9.30. The molecule has 2 N–H and O–H groups in total. The molecule has 1 aromatic carbocycles. The van der Waals surface area contributed by atoms with E-state index in [2.05, 4.69) is 0 Å². The molecule has 0 fully saturated rings. The van der Waals surface area contributed by atoms with Crippen LogP contribution in [0, 0.1) is 0 Å². The Labute approximate surface area is 85.2 Å². The van der Waals surface area contributed by atoms with E-state index in [9.17, 15) is 5.11 Å². The van der Waals surface area contributed by atoms with E-state index in [1.165, 1.54) is 11.3 Å². The van der Waals surface area contributed by atoms with Crippen LogP contribution in [0.15, 0.2) is 17.5 Å². The summed E-state index contributed by atoms with van der Waals surface area (Å²) in [5.41, 5.74) is 0.782. The number of thiophene rings is 1. The largest absolute Gasteiger partial charge is 0.506 e. The highest BCUT2D eigenvalue weighted by atomic mass is 32.1. The Morgan fingerprint density at radius 1 is 1.43 bits per heavy atom. The average Bonchev–Trinajstić information content (AvgIpc) is 2.59. The van der Waals surface area contributed by atoms with Crippen LogP contribution in [0.2, 0.25) is 0 Å². The molecule has 0 aliphatic heterocycles. The molecule has 14 heavy (non-hydrogen) atoms. The molecule has 74 valence electrons. The van der Waals surface area contributed by atoms with Gasteiger partial charge >= 0.3 is 0 Å². The number of hydrogen-bond donors (Lipinski definition) is 2. The smallest absolute Gasteiger partial charge is 0.134 e. The molecule has 3 nitrogen and oxygen atoms in total. The van der Waals surface area contributed by atoms with Crippen molar-refractivity contribution in [2.24, 2.45) is 0 Å². The third kappa shape index (κ3) is 1.32. The molecule has 0 bridgehead atoms. The predicted molar refractivity (Wildman–Crippen MR) is 56.0 cm³/mol. The first-order valence-corrected chi connectivity index (χ1v) is 5.02. The maximum atomic E-state index is 9.52. The summed E-state index contributed by atoms with van der Waals surface area (Å²) >= 11 is 1.42. The van der Waals surface area contributed by atoms with Crippen LogP contribution in [0.1, 0.15) is 5.56 Å². The van der Waals surface area contributed by atoms with Gasteiger partial charge in [0, 0.05) is 15.5 Å². The highest BCUT2D eigenvalue weighted by molar-refractivity contribution is 7.17. The van der Waals surface area contributed by atoms with E-state index in [0.717, 1.165) is 15.6 Å². The molecule has 4 heteroatoms. The van der Waals surface area contributed by atoms with Crippen LogP contribution in [0.5, 0.6) is 11.5 Å². The van der Waals surface area contributed by atoms with Gasteiger partial charge in [-0.05, 0) is 17.7 Å². The van der Waals surface area contributed by atoms with Gasteiger partial charge in [0.05, 0.1) is 13.7 Å². The summed E-state index contributed by atoms with van der Waals surface area (Å²) in [4.78, 5) is 0. The normalized spacial score (nSPS) is 10.7. The summed E-state index contributed by atoms with van der Waals surface area (Å²) < 4.78 is 5.98. The van der Waals surface area contributed by atoms with Gasteiger partial charge in [-0.1, -0.05) is 0 Å². The van der Waals surface area contributed by atoms with E-state index in [0.29, 0.717) is 5.75 Å². The fourth-order valence-corrected chi connectivity index (χ4v) is 2.32. The highest BCUT2D eigenvalue weighted by Crippen LogP contribution is 2.36. The van der Waals surface area contributed by atoms with Crippen LogP contribution >= 0.6 is 11.3 Å². The fourth-order valence-electron chi connectivity index (χ4n) is 1.40. The van der Waals surface area contributed by atoms with Crippen molar-refractivity contribution in [1.29, 1.82) is 0 Å². The summed E-state index contributed by atoms with van der Waals surface area (Å²) in [6, 6.07) is 3.54. The van der Waals surface area contributed by atoms with Crippen molar-refractivity contribution in [2.45, 2.75) is 6.61 Å². The molecule has 0 saturated heterocycles. The van der Waals surface area contributed by atoms with E-state index >= 15 is 0 Å². The van der Waals surface area contributed by atoms with Gasteiger partial charge < -0.3 is 14.9 Å². The lowest BCUT2D eigenvalue weighted by atomic mass is 10.1. The molecule has 0 aliphatic carbocycles. The Balaban J connectivity index is 2.76. The number of aliphatic hydroxyl groups excluding tert-OH is 1. The summed E-state index contributed by atoms with van der Waals surface area (Å²) in [5, 5.41) is 21.0. The van der Waals surface area contributed by atoms with Crippen molar-refractivity contribution >= 4 is 21.4 Å². The van der Waals surface area contributed by atoms with Crippen LogP contribution in [-0.2, 0) is 6.61 Å². The van der Waals surface area contributed by atoms with Gasteiger partial charge in [-0.2, -0.15) is 0 Å². The van der Waals surface area contributed by atoms with E-state index in [-0.39, 0.29) is 12.4 Å². The zero-order chi connectivity index (χ0) is 10.1. The van der Waals surface area contributed by atoms with Crippen molar-refractivity contribution in [3.8, 4) is 11.5 Å². The van der Waals surface area contributed by atoms with E-state index < -0.39 is 0 Å². The van der Waals surface area contributed by atoms with Crippen molar-refractivity contribution in [1.82, 2.24) is 0 Å². The minimum absolute atomic E-state index is 0.0480. The topological polar surface area (TPSA) is 49.7 Å². The van der Waals surface area contributed by atoms with Gasteiger partial charge in [0.25, 0.3) is 0 Å². The lowest BCUT2D eigenvalue weighted by Crippen LogP contribution is -1.87. The van der Waals surface area contributed by atoms with Crippen molar-refractivity contribution < 1.29 is 14.9 Å². The maximum absolute atomic E-state index is 9.52. The molecule has 0 radical (unpaired) electrons. The quantitative estimate of drug-likeness (QED) is 0.798. The molecule has 0 aliphatic rings. The molecule has 0 spiro atoms. The van der Waals surface area contributed by atoms with Crippen LogP contribution in [-0.4, -0.2) is 17.3 Å². The molecular formula is C10H10O3S. The highest BCUT2D eigenvalue weighted by Gasteiger charge is 2.09. The Hall–Kier alpha value is -1.26. The van der Waals surface area contributed by atoms with Crippen molar-refractivity contribution in [2.75, 3.05) is 7.11 Å². The lowest BCUT2D eigenvalue weighted by molar-refractivity contribution is 0.283. The Bertz CT molecular complexity index is 462. The monoisotopic (exact) mass is 210 g/mol. The van der Waals surface area contributed by atoms with E-state index in [1.807, 2.05) is 0 Å². The predicted octanol–water partition coefficient (Wildman–Crippen LogP) is 2.11. The van der Waals surface area contributed by atoms with Gasteiger partial charge in [0.15, 0.2) is 0 Å². The zero-order valence-electron chi connectivity index (χ0n) is 7.65. The number of rotatable bonds is 2. The standard InChI is InChI=1S/C10H10O3S/c1-13-7-2-6(4-11)10-8(3-7)9(12)5-14-10/h2-3,5,11-12H,4H2,1H3. The second kappa shape index (κ2) is 3.48. The molecule has 1 aromatic heterocycles. The molecule has 2 rings (SSSR count). The van der Waals surface area contributed by atoms with Crippen LogP contribution < -0.4 is 4.74 Å². The van der Waals surface area contributed by atoms with Gasteiger partial charge in [0.1, 0.15) is 11.5 Å². The molecule has 0 atom stereocenters. The number of ether oxygens (including phenoxy) is 1. The molecular weight excluding hydrogens is 200 g/mol. The summed E-state index contributed by atoms with van der Waals surface area (Å²) in [7, 11) is 1.56. The maximum Gasteiger partial charge on any atom is 0.134 e. The minimum atomic E-state index is -0.0480. The number of fused-ring (bicyclic) bond motifs is 1. The first-order chi connectivity index (χ1) is 6.76. The number of hydrogen-bond acceptors (Lipinski definition) is 4. The Kier molecular flexibility index (Phi) is 2.31. The van der Waals surface area contributed by atoms with Crippen LogP contribution in [0.3, 0.4) is 0 Å². The summed E-state index contributed by atoms with van der Waals surface area (Å²) in [6.07, 6.45) is 0. The van der Waals surface area contributed by atoms with Gasteiger partial charge in [-0.15, -0.1) is 11.3 Å². The third-order valence-electron chi connectivity index (χ3n) is 2.11. The van der Waals surface area contributed by atoms with Gasteiger partial charge in [0.2, 0.25) is 0 Å². The summed E-state index contributed by atoms with van der Waals surface area (Å²) in [5.74, 6) is 0.883. The molecule has 1 heterocycles. The van der Waals surface area contributed by atoms with Crippen LogP contribution in [0.4, 0.5) is 0 Å². The summed E-state index contributed by atoms with van der Waals surface area (Å²) in [6.45, 7) is -0.0480. The number of methoxy groups -OCH3 is 1. The van der Waals surface area contributed by atoms with Crippen LogP contribution in [0.25, 0.3) is 10.1 Å². The number of aliphatic hydroxyl groups is 1. The van der Waals surface area contributed by atoms with Crippen molar-refractivity contribution in [3.63, 3.8) is 0 Å². The molecule has 2 aromatic rings. The fraction of sp³-hybridized carbons (Fsp3) is 0.200. The molecule has 0 saturated carbocycles. The number of aromatic hydroxyl groups is 1. The Morgan fingerprint density at radius 3 is 2.86 bits per heavy atom. The van der Waals surface area contributed by atoms with Gasteiger partial charge in [-0.3, -0.25) is 0 Å². The zero-order valence-corrected chi connectivity index (χ0v) is 8.47. The number of benzene rings is 1. The molecule has 0 unspecified atom stereocenters. The SMILES string of the molecule is COc1cc(CO)c2scc(O)c2c1. The lowest BCUT2D eigenvalue weighted by Gasteiger charge is -2.04. The second-order valence-corrected chi connectivity index (χ2v) is 3.82. The van der Waals surface area contributed by atoms with E-state index in [1.54, 1.807) is 24.6 Å². The average molecular weight is 210 g/mol. The van der Waals surface area contributed by atoms with Crippen molar-refractivity contribution in [3.05, 3.63) is 23.1 Å². The Morgan fingerprint density at radius 2 is 2.21 bits per heavy atom. The first-order valence-electron chi connectivity index (χ1n) is 4.14. The third-order valence-corrected chi connectivity index (χ3v) is 3.17.